The molecule has 0 unspecified atom stereocenters. The summed E-state index contributed by atoms with van der Waals surface area (Å²) in [7, 11) is 0. The smallest absolute Gasteiger partial charge is 0.345 e. The van der Waals surface area contributed by atoms with Crippen molar-refractivity contribution in [3.63, 3.8) is 0 Å². The van der Waals surface area contributed by atoms with Gasteiger partial charge in [0.1, 0.15) is 0 Å². The minimum atomic E-state index is -1.35. The first kappa shape index (κ1) is 19.5. The fourth-order valence-corrected chi connectivity index (χ4v) is 3.20. The lowest BCUT2D eigenvalue weighted by molar-refractivity contribution is -0.155. The monoisotopic (exact) mass is 377 g/mol. The maximum absolute atomic E-state index is 13.0. The zero-order chi connectivity index (χ0) is 20.1. The van der Waals surface area contributed by atoms with E-state index in [2.05, 4.69) is 4.99 Å². The summed E-state index contributed by atoms with van der Waals surface area (Å²) in [5, 5.41) is 0. The van der Waals surface area contributed by atoms with E-state index in [-0.39, 0.29) is 11.8 Å². The molecule has 0 saturated carbocycles. The summed E-state index contributed by atoms with van der Waals surface area (Å²) < 4.78 is 11.1. The molecule has 0 aliphatic carbocycles. The van der Waals surface area contributed by atoms with Crippen LogP contribution in [0.5, 0.6) is 0 Å². The van der Waals surface area contributed by atoms with E-state index in [0.717, 1.165) is 5.56 Å². The van der Waals surface area contributed by atoms with E-state index >= 15 is 0 Å². The lowest BCUT2D eigenvalue weighted by Crippen LogP contribution is -2.51. The maximum atomic E-state index is 13.0. The third-order valence-corrected chi connectivity index (χ3v) is 4.69. The maximum Gasteiger partial charge on any atom is 0.345 e. The second-order valence-electron chi connectivity index (χ2n) is 6.95. The van der Waals surface area contributed by atoms with Gasteiger partial charge in [0.15, 0.2) is 6.10 Å². The molecule has 5 heteroatoms. The van der Waals surface area contributed by atoms with Crippen molar-refractivity contribution in [3.05, 3.63) is 77.9 Å². The van der Waals surface area contributed by atoms with E-state index in [1.807, 2.05) is 80.6 Å². The summed E-state index contributed by atoms with van der Waals surface area (Å²) in [4.78, 5) is 29.4. The van der Waals surface area contributed by atoms with Crippen LogP contribution in [0.3, 0.4) is 0 Å². The number of rotatable bonds is 6. The lowest BCUT2D eigenvalue weighted by Gasteiger charge is -2.32. The van der Waals surface area contributed by atoms with Crippen LogP contribution in [0, 0.1) is 5.92 Å². The Morgan fingerprint density at radius 3 is 2.25 bits per heavy atom. The number of hydrogen-bond donors (Lipinski definition) is 0. The summed E-state index contributed by atoms with van der Waals surface area (Å²) in [6.45, 7) is 5.05. The highest BCUT2D eigenvalue weighted by Crippen LogP contribution is 2.36. The molecule has 3 rings (SSSR count). The molecule has 144 valence electrons. The van der Waals surface area contributed by atoms with Crippen LogP contribution in [0.4, 0.5) is 0 Å². The Morgan fingerprint density at radius 2 is 1.68 bits per heavy atom. The molecule has 2 aromatic rings. The van der Waals surface area contributed by atoms with Crippen LogP contribution in [0.25, 0.3) is 6.08 Å². The summed E-state index contributed by atoms with van der Waals surface area (Å²) in [5.41, 5.74) is 0.284. The predicted octanol–water partition coefficient (Wildman–Crippen LogP) is 4.03. The first-order valence-corrected chi connectivity index (χ1v) is 9.21. The Kier molecular flexibility index (Phi) is 5.73. The molecular formula is C23H23NO4. The van der Waals surface area contributed by atoms with Gasteiger partial charge < -0.3 is 9.47 Å². The highest BCUT2D eigenvalue weighted by molar-refractivity contribution is 6.08. The summed E-state index contributed by atoms with van der Waals surface area (Å²) in [6, 6.07) is 18.8. The Hall–Kier alpha value is -3.21. The van der Waals surface area contributed by atoms with Crippen LogP contribution in [0.2, 0.25) is 0 Å². The van der Waals surface area contributed by atoms with Gasteiger partial charge in [0.2, 0.25) is 11.4 Å². The quantitative estimate of drug-likeness (QED) is 0.713. The zero-order valence-electron chi connectivity index (χ0n) is 16.2. The van der Waals surface area contributed by atoms with Gasteiger partial charge in [-0.05, 0) is 29.7 Å². The van der Waals surface area contributed by atoms with Gasteiger partial charge in [-0.3, -0.25) is 4.79 Å². The molecular weight excluding hydrogens is 354 g/mol. The molecule has 0 fully saturated rings. The highest BCUT2D eigenvalue weighted by atomic mass is 16.6. The highest BCUT2D eigenvalue weighted by Gasteiger charge is 2.55. The van der Waals surface area contributed by atoms with Gasteiger partial charge in [-0.1, -0.05) is 68.5 Å². The van der Waals surface area contributed by atoms with E-state index < -0.39 is 23.6 Å². The molecule has 0 N–H and O–H groups in total. The SMILES string of the molecule is CC(=O)O[C@@H](/C=C/c1ccccc1)[C@]1(C(C)C)N=C(c2ccccc2)OC1=O. The second-order valence-corrected chi connectivity index (χ2v) is 6.95. The third-order valence-electron chi connectivity index (χ3n) is 4.69. The molecule has 1 heterocycles. The number of nitrogens with zero attached hydrogens (tertiary/aromatic N) is 1. The van der Waals surface area contributed by atoms with Gasteiger partial charge in [0.25, 0.3) is 0 Å². The van der Waals surface area contributed by atoms with Gasteiger partial charge in [0.05, 0.1) is 0 Å². The third kappa shape index (κ3) is 3.88. The Bertz CT molecular complexity index is 903. The van der Waals surface area contributed by atoms with Crippen molar-refractivity contribution in [2.24, 2.45) is 10.9 Å². The average molecular weight is 377 g/mol. The van der Waals surface area contributed by atoms with Crippen molar-refractivity contribution in [2.75, 3.05) is 0 Å². The van der Waals surface area contributed by atoms with Crippen molar-refractivity contribution in [2.45, 2.75) is 32.4 Å². The zero-order valence-corrected chi connectivity index (χ0v) is 16.2. The number of esters is 2. The summed E-state index contributed by atoms with van der Waals surface area (Å²) >= 11 is 0. The fourth-order valence-electron chi connectivity index (χ4n) is 3.20. The molecule has 2 atom stereocenters. The van der Waals surface area contributed by atoms with Crippen LogP contribution >= 0.6 is 0 Å². The average Bonchev–Trinajstić information content (AvgIpc) is 3.05. The first-order valence-electron chi connectivity index (χ1n) is 9.21. The lowest BCUT2D eigenvalue weighted by atomic mass is 9.81. The molecule has 1 aliphatic heterocycles. The van der Waals surface area contributed by atoms with Crippen LogP contribution < -0.4 is 0 Å². The van der Waals surface area contributed by atoms with Crippen molar-refractivity contribution < 1.29 is 19.1 Å². The molecule has 0 saturated heterocycles. The first-order chi connectivity index (χ1) is 13.4. The van der Waals surface area contributed by atoms with Crippen molar-refractivity contribution in [1.29, 1.82) is 0 Å². The van der Waals surface area contributed by atoms with Gasteiger partial charge in [-0.2, -0.15) is 0 Å². The number of hydrogen-bond acceptors (Lipinski definition) is 5. The molecule has 0 aromatic heterocycles. The molecule has 0 bridgehead atoms. The number of ether oxygens (including phenoxy) is 2. The van der Waals surface area contributed by atoms with Crippen molar-refractivity contribution in [1.82, 2.24) is 0 Å². The van der Waals surface area contributed by atoms with Gasteiger partial charge >= 0.3 is 11.9 Å². The van der Waals surface area contributed by atoms with Crippen LogP contribution in [-0.4, -0.2) is 29.5 Å². The topological polar surface area (TPSA) is 65.0 Å². The minimum Gasteiger partial charge on any atom is -0.455 e. The summed E-state index contributed by atoms with van der Waals surface area (Å²) in [6.07, 6.45) is 2.63. The second kappa shape index (κ2) is 8.21. The largest absolute Gasteiger partial charge is 0.455 e. The van der Waals surface area contributed by atoms with E-state index in [1.54, 1.807) is 6.08 Å². The van der Waals surface area contributed by atoms with Gasteiger partial charge in [-0.25, -0.2) is 9.79 Å². The Morgan fingerprint density at radius 1 is 1.07 bits per heavy atom. The van der Waals surface area contributed by atoms with Crippen LogP contribution in [-0.2, 0) is 19.1 Å². The number of cyclic esters (lactones) is 1. The fraction of sp³-hybridized carbons (Fsp3) is 0.261. The molecule has 28 heavy (non-hydrogen) atoms. The number of carbonyl (C=O) groups is 2. The normalized spacial score (nSPS) is 20.1. The van der Waals surface area contributed by atoms with Gasteiger partial charge in [-0.15, -0.1) is 0 Å². The number of aliphatic imine (C=N–C) groups is 1. The van der Waals surface area contributed by atoms with Crippen molar-refractivity contribution in [3.8, 4) is 0 Å². The molecule has 2 aromatic carbocycles. The number of carbonyl (C=O) groups excluding carboxylic acids is 2. The van der Waals surface area contributed by atoms with Crippen LogP contribution in [0.1, 0.15) is 31.9 Å². The predicted molar refractivity (Wildman–Crippen MR) is 108 cm³/mol. The minimum absolute atomic E-state index is 0.240. The van der Waals surface area contributed by atoms with Gasteiger partial charge in [0, 0.05) is 12.5 Å². The number of benzene rings is 2. The molecule has 0 radical (unpaired) electrons. The molecule has 1 aliphatic rings. The van der Waals surface area contributed by atoms with E-state index in [4.69, 9.17) is 9.47 Å². The Balaban J connectivity index is 2.05. The Labute approximate surface area is 164 Å². The molecule has 5 nitrogen and oxygen atoms in total. The van der Waals surface area contributed by atoms with Crippen LogP contribution in [0.15, 0.2) is 71.7 Å². The standard InChI is InChI=1S/C23H23NO4/c1-16(2)23(22(26)28-21(24-23)19-12-8-5-9-13-19)20(27-17(3)25)15-14-18-10-6-4-7-11-18/h4-16,20H,1-3H3/b15-14+/t20-,23-/m0/s1. The van der Waals surface area contributed by atoms with Crippen molar-refractivity contribution >= 4 is 23.9 Å². The molecule has 0 spiro atoms. The van der Waals surface area contributed by atoms with E-state index in [0.29, 0.717) is 5.56 Å². The molecule has 0 amide bonds. The van der Waals surface area contributed by atoms with E-state index in [9.17, 15) is 9.59 Å². The summed E-state index contributed by atoms with van der Waals surface area (Å²) in [5.74, 6) is -1.03. The van der Waals surface area contributed by atoms with E-state index in [1.165, 1.54) is 6.92 Å².